The smallest absolute Gasteiger partial charge is 0.158 e. The monoisotopic (exact) mass is 285 g/mol. The molecule has 0 saturated carbocycles. The van der Waals surface area contributed by atoms with Gasteiger partial charge in [0.25, 0.3) is 0 Å². The van der Waals surface area contributed by atoms with Crippen LogP contribution in [0.15, 0.2) is 24.3 Å². The van der Waals surface area contributed by atoms with E-state index in [-0.39, 0.29) is 12.3 Å². The fourth-order valence-electron chi connectivity index (χ4n) is 1.90. The van der Waals surface area contributed by atoms with Gasteiger partial charge in [0.1, 0.15) is 0 Å². The number of rotatable bonds is 9. The average Bonchev–Trinajstić information content (AvgIpc) is 2.39. The van der Waals surface area contributed by atoms with Crippen molar-refractivity contribution in [3.8, 4) is 0 Å². The Bertz CT molecular complexity index is 354. The number of hydrogen-bond donors (Lipinski definition) is 1. The van der Waals surface area contributed by atoms with Crippen LogP contribution in [0, 0.1) is 0 Å². The third-order valence-electron chi connectivity index (χ3n) is 2.88. The Labute approximate surface area is 121 Å². The van der Waals surface area contributed by atoms with Crippen molar-refractivity contribution in [2.24, 2.45) is 0 Å². The van der Waals surface area contributed by atoms with E-state index in [1.807, 2.05) is 32.0 Å². The second-order valence-electron chi connectivity index (χ2n) is 4.36. The minimum Gasteiger partial charge on any atom is -0.353 e. The van der Waals surface area contributed by atoms with Crippen LogP contribution in [-0.4, -0.2) is 26.0 Å². The summed E-state index contributed by atoms with van der Waals surface area (Å²) in [4.78, 5) is 0. The van der Waals surface area contributed by atoms with Crippen LogP contribution < -0.4 is 5.32 Å². The predicted molar refractivity (Wildman–Crippen MR) is 79.5 cm³/mol. The molecule has 0 spiro atoms. The maximum absolute atomic E-state index is 5.99. The number of halogens is 1. The Hall–Kier alpha value is -0.610. The lowest BCUT2D eigenvalue weighted by molar-refractivity contribution is -0.138. The third kappa shape index (κ3) is 6.39. The van der Waals surface area contributed by atoms with Crippen molar-refractivity contribution in [2.75, 3.05) is 19.8 Å². The molecule has 1 atom stereocenters. The molecular weight excluding hydrogens is 262 g/mol. The van der Waals surface area contributed by atoms with Gasteiger partial charge in [-0.2, -0.15) is 0 Å². The largest absolute Gasteiger partial charge is 0.353 e. The molecule has 0 aliphatic rings. The van der Waals surface area contributed by atoms with Gasteiger partial charge in [-0.3, -0.25) is 0 Å². The highest BCUT2D eigenvalue weighted by Gasteiger charge is 2.09. The molecule has 0 aromatic heterocycles. The minimum atomic E-state index is -0.117. The maximum atomic E-state index is 5.99. The first-order valence-corrected chi connectivity index (χ1v) is 7.27. The normalized spacial score (nSPS) is 12.9. The standard InChI is InChI=1S/C15H24ClNO2/c1-4-18-15(19-5-2)9-10-17-12(3)13-7-6-8-14(16)11-13/h6-8,11-12,15,17H,4-5,9-10H2,1-3H3/t12-/m1/s1. The maximum Gasteiger partial charge on any atom is 0.158 e. The number of ether oxygens (including phenoxy) is 2. The van der Waals surface area contributed by atoms with E-state index in [0.29, 0.717) is 13.2 Å². The summed E-state index contributed by atoms with van der Waals surface area (Å²) in [6.07, 6.45) is 0.723. The molecule has 0 aliphatic heterocycles. The molecule has 1 N–H and O–H groups in total. The second-order valence-corrected chi connectivity index (χ2v) is 4.80. The Morgan fingerprint density at radius 3 is 2.47 bits per heavy atom. The molecule has 1 aromatic rings. The lowest BCUT2D eigenvalue weighted by Crippen LogP contribution is -2.26. The number of nitrogens with one attached hydrogen (secondary N) is 1. The van der Waals surface area contributed by atoms with E-state index in [9.17, 15) is 0 Å². The fourth-order valence-corrected chi connectivity index (χ4v) is 2.10. The lowest BCUT2D eigenvalue weighted by atomic mass is 10.1. The molecule has 0 heterocycles. The summed E-state index contributed by atoms with van der Waals surface area (Å²) in [7, 11) is 0. The molecule has 108 valence electrons. The summed E-state index contributed by atoms with van der Waals surface area (Å²) in [6.45, 7) is 8.28. The molecule has 1 rings (SSSR count). The SMILES string of the molecule is CCOC(CCN[C@H](C)c1cccc(Cl)c1)OCC. The molecule has 19 heavy (non-hydrogen) atoms. The van der Waals surface area contributed by atoms with Crippen LogP contribution in [0.5, 0.6) is 0 Å². The molecule has 4 heteroatoms. The van der Waals surface area contributed by atoms with Gasteiger partial charge < -0.3 is 14.8 Å². The van der Waals surface area contributed by atoms with Crippen molar-refractivity contribution in [1.82, 2.24) is 5.32 Å². The van der Waals surface area contributed by atoms with Gasteiger partial charge in [0, 0.05) is 37.2 Å². The number of hydrogen-bond acceptors (Lipinski definition) is 3. The van der Waals surface area contributed by atoms with Gasteiger partial charge in [-0.05, 0) is 38.5 Å². The summed E-state index contributed by atoms with van der Waals surface area (Å²) < 4.78 is 11.0. The Kier molecular flexibility index (Phi) is 8.07. The van der Waals surface area contributed by atoms with Crippen LogP contribution in [0.3, 0.4) is 0 Å². The molecule has 0 unspecified atom stereocenters. The van der Waals surface area contributed by atoms with E-state index >= 15 is 0 Å². The molecule has 0 aliphatic carbocycles. The Balaban J connectivity index is 2.35. The van der Waals surface area contributed by atoms with E-state index in [2.05, 4.69) is 18.3 Å². The van der Waals surface area contributed by atoms with E-state index in [1.54, 1.807) is 0 Å². The van der Waals surface area contributed by atoms with Crippen LogP contribution in [0.25, 0.3) is 0 Å². The van der Waals surface area contributed by atoms with Gasteiger partial charge in [-0.1, -0.05) is 23.7 Å². The predicted octanol–water partition coefficient (Wildman–Crippen LogP) is 3.78. The zero-order valence-corrected chi connectivity index (χ0v) is 12.7. The van der Waals surface area contributed by atoms with Crippen LogP contribution in [-0.2, 0) is 9.47 Å². The fraction of sp³-hybridized carbons (Fsp3) is 0.600. The van der Waals surface area contributed by atoms with Crippen molar-refractivity contribution in [1.29, 1.82) is 0 Å². The molecule has 3 nitrogen and oxygen atoms in total. The summed E-state index contributed by atoms with van der Waals surface area (Å²) in [6, 6.07) is 8.19. The molecule has 0 saturated heterocycles. The highest BCUT2D eigenvalue weighted by Crippen LogP contribution is 2.17. The zero-order valence-electron chi connectivity index (χ0n) is 12.0. The van der Waals surface area contributed by atoms with E-state index < -0.39 is 0 Å². The summed E-state index contributed by atoms with van der Waals surface area (Å²) in [5, 5.41) is 4.23. The molecule has 0 bridgehead atoms. The minimum absolute atomic E-state index is 0.117. The Morgan fingerprint density at radius 1 is 1.21 bits per heavy atom. The molecule has 0 amide bonds. The van der Waals surface area contributed by atoms with Crippen LogP contribution in [0.4, 0.5) is 0 Å². The van der Waals surface area contributed by atoms with Crippen LogP contribution >= 0.6 is 11.6 Å². The zero-order chi connectivity index (χ0) is 14.1. The van der Waals surface area contributed by atoms with Gasteiger partial charge in [0.15, 0.2) is 6.29 Å². The first-order chi connectivity index (χ1) is 9.17. The molecule has 1 aromatic carbocycles. The van der Waals surface area contributed by atoms with Gasteiger partial charge >= 0.3 is 0 Å². The quantitative estimate of drug-likeness (QED) is 0.701. The highest BCUT2D eigenvalue weighted by molar-refractivity contribution is 6.30. The topological polar surface area (TPSA) is 30.5 Å². The summed E-state index contributed by atoms with van der Waals surface area (Å²) in [5.41, 5.74) is 1.19. The summed E-state index contributed by atoms with van der Waals surface area (Å²) in [5.74, 6) is 0. The average molecular weight is 286 g/mol. The van der Waals surface area contributed by atoms with Crippen LogP contribution in [0.1, 0.15) is 38.8 Å². The van der Waals surface area contributed by atoms with Gasteiger partial charge in [0.2, 0.25) is 0 Å². The van der Waals surface area contributed by atoms with Crippen LogP contribution in [0.2, 0.25) is 5.02 Å². The van der Waals surface area contributed by atoms with Gasteiger partial charge in [-0.15, -0.1) is 0 Å². The summed E-state index contributed by atoms with van der Waals surface area (Å²) >= 11 is 5.99. The van der Waals surface area contributed by atoms with E-state index in [4.69, 9.17) is 21.1 Å². The van der Waals surface area contributed by atoms with E-state index in [1.165, 1.54) is 5.56 Å². The lowest BCUT2D eigenvalue weighted by Gasteiger charge is -2.19. The number of benzene rings is 1. The van der Waals surface area contributed by atoms with Crippen molar-refractivity contribution >= 4 is 11.6 Å². The highest BCUT2D eigenvalue weighted by atomic mass is 35.5. The first kappa shape index (κ1) is 16.4. The van der Waals surface area contributed by atoms with Crippen molar-refractivity contribution in [3.05, 3.63) is 34.9 Å². The first-order valence-electron chi connectivity index (χ1n) is 6.89. The molecule has 0 fully saturated rings. The molecular formula is C15H24ClNO2. The van der Waals surface area contributed by atoms with Gasteiger partial charge in [-0.25, -0.2) is 0 Å². The van der Waals surface area contributed by atoms with Gasteiger partial charge in [0.05, 0.1) is 0 Å². The van der Waals surface area contributed by atoms with Crippen molar-refractivity contribution < 1.29 is 9.47 Å². The van der Waals surface area contributed by atoms with Crippen molar-refractivity contribution in [2.45, 2.75) is 39.5 Å². The van der Waals surface area contributed by atoms with Crippen molar-refractivity contribution in [3.63, 3.8) is 0 Å². The third-order valence-corrected chi connectivity index (χ3v) is 3.12. The van der Waals surface area contributed by atoms with E-state index in [0.717, 1.165) is 18.0 Å². The Morgan fingerprint density at radius 2 is 1.89 bits per heavy atom. The second kappa shape index (κ2) is 9.32. The molecule has 0 radical (unpaired) electrons.